The molecular weight excluding hydrogens is 413 g/mol. The van der Waals surface area contributed by atoms with E-state index in [1.165, 1.54) is 19.2 Å². The van der Waals surface area contributed by atoms with Crippen molar-refractivity contribution in [2.75, 3.05) is 45.7 Å². The molecule has 8 heteroatoms. The number of carbonyl (C=O) groups is 2. The first-order valence-electron chi connectivity index (χ1n) is 10.3. The molecule has 2 amide bonds. The molecule has 2 aromatic carbocycles. The molecule has 0 spiro atoms. The molecule has 1 aromatic heterocycles. The van der Waals surface area contributed by atoms with E-state index in [1.807, 2.05) is 7.05 Å². The predicted molar refractivity (Wildman–Crippen MR) is 118 cm³/mol. The predicted octanol–water partition coefficient (Wildman–Crippen LogP) is 3.73. The Morgan fingerprint density at radius 2 is 1.72 bits per heavy atom. The summed E-state index contributed by atoms with van der Waals surface area (Å²) in [6.45, 7) is 2.95. The zero-order valence-electron chi connectivity index (χ0n) is 17.9. The van der Waals surface area contributed by atoms with Gasteiger partial charge in [0.2, 0.25) is 0 Å². The number of benzene rings is 2. The minimum absolute atomic E-state index is 0.0853. The molecule has 32 heavy (non-hydrogen) atoms. The van der Waals surface area contributed by atoms with Crippen LogP contribution in [0, 0.1) is 5.82 Å². The lowest BCUT2D eigenvalue weighted by atomic mass is 10.1. The average molecular weight is 437 g/mol. The molecule has 0 atom stereocenters. The van der Waals surface area contributed by atoms with Crippen molar-refractivity contribution in [1.82, 2.24) is 9.80 Å². The summed E-state index contributed by atoms with van der Waals surface area (Å²) >= 11 is 0. The summed E-state index contributed by atoms with van der Waals surface area (Å²) in [7, 11) is 3.52. The van der Waals surface area contributed by atoms with E-state index in [-0.39, 0.29) is 17.5 Å². The molecular formula is C24H24FN3O4. The fourth-order valence-electron chi connectivity index (χ4n) is 3.54. The van der Waals surface area contributed by atoms with Crippen LogP contribution in [0.15, 0.2) is 59.0 Å². The van der Waals surface area contributed by atoms with E-state index < -0.39 is 5.91 Å². The van der Waals surface area contributed by atoms with Crippen LogP contribution in [0.4, 0.5) is 10.1 Å². The summed E-state index contributed by atoms with van der Waals surface area (Å²) < 4.78 is 24.1. The van der Waals surface area contributed by atoms with Gasteiger partial charge in [0.05, 0.1) is 12.8 Å². The number of likely N-dealkylation sites (N-methyl/N-ethyl adjacent to an activating group) is 1. The van der Waals surface area contributed by atoms with Gasteiger partial charge in [0.25, 0.3) is 11.8 Å². The van der Waals surface area contributed by atoms with Gasteiger partial charge in [-0.2, -0.15) is 0 Å². The van der Waals surface area contributed by atoms with E-state index in [4.69, 9.17) is 9.15 Å². The van der Waals surface area contributed by atoms with Crippen molar-refractivity contribution in [3.63, 3.8) is 0 Å². The topological polar surface area (TPSA) is 75.0 Å². The van der Waals surface area contributed by atoms with Crippen LogP contribution in [0.3, 0.4) is 0 Å². The standard InChI is InChI=1S/C24H24FN3O4/c1-27-11-13-28(14-12-27)24(30)17-5-8-21(31-2)19(15-17)26-23(29)22-10-9-20(32-22)16-3-6-18(25)7-4-16/h3-10,15H,11-14H2,1-2H3,(H,26,29). The van der Waals surface area contributed by atoms with Gasteiger partial charge < -0.3 is 24.3 Å². The molecule has 3 aromatic rings. The smallest absolute Gasteiger partial charge is 0.291 e. The van der Waals surface area contributed by atoms with E-state index in [2.05, 4.69) is 10.2 Å². The molecule has 1 aliphatic heterocycles. The second kappa shape index (κ2) is 9.23. The van der Waals surface area contributed by atoms with Gasteiger partial charge in [-0.1, -0.05) is 0 Å². The Morgan fingerprint density at radius 3 is 2.41 bits per heavy atom. The van der Waals surface area contributed by atoms with Crippen molar-refractivity contribution in [3.05, 3.63) is 71.7 Å². The number of piperazine rings is 1. The lowest BCUT2D eigenvalue weighted by Crippen LogP contribution is -2.47. The fourth-order valence-corrected chi connectivity index (χ4v) is 3.54. The van der Waals surface area contributed by atoms with Gasteiger partial charge in [-0.3, -0.25) is 9.59 Å². The lowest BCUT2D eigenvalue weighted by Gasteiger charge is -2.32. The zero-order chi connectivity index (χ0) is 22.7. The van der Waals surface area contributed by atoms with E-state index in [0.29, 0.717) is 41.4 Å². The molecule has 1 saturated heterocycles. The van der Waals surface area contributed by atoms with E-state index in [0.717, 1.165) is 13.1 Å². The number of carbonyl (C=O) groups excluding carboxylic acids is 2. The maximum atomic E-state index is 13.1. The third kappa shape index (κ3) is 4.65. The largest absolute Gasteiger partial charge is 0.495 e. The number of anilines is 1. The Hall–Kier alpha value is -3.65. The lowest BCUT2D eigenvalue weighted by molar-refractivity contribution is 0.0664. The van der Waals surface area contributed by atoms with Gasteiger partial charge in [0.1, 0.15) is 17.3 Å². The molecule has 0 unspecified atom stereocenters. The number of halogens is 1. The third-order valence-corrected chi connectivity index (χ3v) is 5.44. The van der Waals surface area contributed by atoms with Crippen molar-refractivity contribution in [3.8, 4) is 17.1 Å². The summed E-state index contributed by atoms with van der Waals surface area (Å²) in [5, 5.41) is 2.76. The minimum atomic E-state index is -0.485. The number of nitrogens with one attached hydrogen (secondary N) is 1. The Kier molecular flexibility index (Phi) is 6.23. The monoisotopic (exact) mass is 437 g/mol. The Balaban J connectivity index is 1.52. The maximum Gasteiger partial charge on any atom is 0.291 e. The number of amides is 2. The number of hydrogen-bond acceptors (Lipinski definition) is 5. The molecule has 2 heterocycles. The van der Waals surface area contributed by atoms with Crippen LogP contribution < -0.4 is 10.1 Å². The van der Waals surface area contributed by atoms with Gasteiger partial charge in [0.15, 0.2) is 5.76 Å². The first-order valence-corrected chi connectivity index (χ1v) is 10.3. The molecule has 0 aliphatic carbocycles. The Labute approximate surface area is 185 Å². The number of rotatable bonds is 5. The highest BCUT2D eigenvalue weighted by atomic mass is 19.1. The van der Waals surface area contributed by atoms with Crippen LogP contribution in [-0.4, -0.2) is 62.0 Å². The average Bonchev–Trinajstić information content (AvgIpc) is 3.30. The number of furan rings is 1. The first kappa shape index (κ1) is 21.6. The van der Waals surface area contributed by atoms with Gasteiger partial charge in [-0.05, 0) is 61.6 Å². The van der Waals surface area contributed by atoms with Crippen LogP contribution in [0.25, 0.3) is 11.3 Å². The highest BCUT2D eigenvalue weighted by Gasteiger charge is 2.22. The van der Waals surface area contributed by atoms with Crippen LogP contribution >= 0.6 is 0 Å². The van der Waals surface area contributed by atoms with E-state index in [1.54, 1.807) is 47.4 Å². The number of hydrogen-bond donors (Lipinski definition) is 1. The van der Waals surface area contributed by atoms with Crippen molar-refractivity contribution in [2.45, 2.75) is 0 Å². The summed E-state index contributed by atoms with van der Waals surface area (Å²) in [6.07, 6.45) is 0. The van der Waals surface area contributed by atoms with Gasteiger partial charge >= 0.3 is 0 Å². The highest BCUT2D eigenvalue weighted by molar-refractivity contribution is 6.04. The summed E-state index contributed by atoms with van der Waals surface area (Å²) in [5.74, 6) is 0.0342. The molecule has 1 N–H and O–H groups in total. The van der Waals surface area contributed by atoms with E-state index in [9.17, 15) is 14.0 Å². The molecule has 1 fully saturated rings. The van der Waals surface area contributed by atoms with E-state index >= 15 is 0 Å². The highest BCUT2D eigenvalue weighted by Crippen LogP contribution is 2.28. The molecule has 166 valence electrons. The summed E-state index contributed by atoms with van der Waals surface area (Å²) in [6, 6.07) is 13.9. The maximum absolute atomic E-state index is 13.1. The molecule has 4 rings (SSSR count). The van der Waals surface area contributed by atoms with Crippen molar-refractivity contribution in [1.29, 1.82) is 0 Å². The van der Waals surface area contributed by atoms with Crippen LogP contribution in [-0.2, 0) is 0 Å². The van der Waals surface area contributed by atoms with Crippen LogP contribution in [0.1, 0.15) is 20.9 Å². The quantitative estimate of drug-likeness (QED) is 0.658. The zero-order valence-corrected chi connectivity index (χ0v) is 17.9. The molecule has 0 saturated carbocycles. The Bertz CT molecular complexity index is 1120. The Morgan fingerprint density at radius 1 is 1.00 bits per heavy atom. The molecule has 7 nitrogen and oxygen atoms in total. The number of nitrogens with zero attached hydrogens (tertiary/aromatic N) is 2. The summed E-state index contributed by atoms with van der Waals surface area (Å²) in [4.78, 5) is 29.7. The number of ether oxygens (including phenoxy) is 1. The third-order valence-electron chi connectivity index (χ3n) is 5.44. The van der Waals surface area contributed by atoms with Crippen molar-refractivity contribution in [2.24, 2.45) is 0 Å². The molecule has 1 aliphatic rings. The summed E-state index contributed by atoms with van der Waals surface area (Å²) in [5.41, 5.74) is 1.50. The second-order valence-electron chi connectivity index (χ2n) is 7.64. The second-order valence-corrected chi connectivity index (χ2v) is 7.64. The minimum Gasteiger partial charge on any atom is -0.495 e. The number of methoxy groups -OCH3 is 1. The van der Waals surface area contributed by atoms with Crippen LogP contribution in [0.2, 0.25) is 0 Å². The van der Waals surface area contributed by atoms with Crippen molar-refractivity contribution < 1.29 is 23.1 Å². The normalized spacial score (nSPS) is 14.3. The van der Waals surface area contributed by atoms with Gasteiger partial charge in [-0.15, -0.1) is 0 Å². The van der Waals surface area contributed by atoms with Crippen LogP contribution in [0.5, 0.6) is 5.75 Å². The van der Waals surface area contributed by atoms with Gasteiger partial charge in [-0.25, -0.2) is 4.39 Å². The van der Waals surface area contributed by atoms with Crippen molar-refractivity contribution >= 4 is 17.5 Å². The molecule has 0 radical (unpaired) electrons. The fraction of sp³-hybridized carbons (Fsp3) is 0.250. The first-order chi connectivity index (χ1) is 15.4. The SMILES string of the molecule is COc1ccc(C(=O)N2CCN(C)CC2)cc1NC(=O)c1ccc(-c2ccc(F)cc2)o1. The van der Waals surface area contributed by atoms with Gasteiger partial charge in [0, 0.05) is 37.3 Å². The molecule has 0 bridgehead atoms.